The smallest absolute Gasteiger partial charge is 0.280 e. The maximum Gasteiger partial charge on any atom is 0.280 e. The maximum absolute atomic E-state index is 12.9. The standard InChI is InChI=1S/C22H21F2N7O/c1-12-7-15(9-26-19(12)20(23)24)22(32)29-16-6-4-5-14(8-16)13(2)28-18-11-25-17-10-27-31(3)21(17)30-18/h4-11,13,20H,1-3H3,(H,28,30)(H,29,32)/t13-/m0/s1. The van der Waals surface area contributed by atoms with E-state index in [1.165, 1.54) is 13.0 Å². The third-order valence-corrected chi connectivity index (χ3v) is 5.04. The highest BCUT2D eigenvalue weighted by molar-refractivity contribution is 6.04. The number of amides is 1. The number of hydrogen-bond donors (Lipinski definition) is 2. The summed E-state index contributed by atoms with van der Waals surface area (Å²) >= 11 is 0. The first-order valence-corrected chi connectivity index (χ1v) is 9.89. The van der Waals surface area contributed by atoms with Crippen LogP contribution in [0.25, 0.3) is 11.2 Å². The number of benzene rings is 1. The van der Waals surface area contributed by atoms with Crippen molar-refractivity contribution in [3.8, 4) is 0 Å². The van der Waals surface area contributed by atoms with Gasteiger partial charge in [-0.1, -0.05) is 12.1 Å². The number of nitrogens with one attached hydrogen (secondary N) is 2. The molecule has 1 atom stereocenters. The molecule has 4 rings (SSSR count). The molecular weight excluding hydrogens is 416 g/mol. The quantitative estimate of drug-likeness (QED) is 0.463. The molecule has 0 fully saturated rings. The fourth-order valence-corrected chi connectivity index (χ4v) is 3.32. The molecular formula is C22H21F2N7O. The van der Waals surface area contributed by atoms with E-state index in [1.807, 2.05) is 25.1 Å². The predicted molar refractivity (Wildman–Crippen MR) is 117 cm³/mol. The summed E-state index contributed by atoms with van der Waals surface area (Å²) in [4.78, 5) is 25.2. The molecule has 3 heterocycles. The summed E-state index contributed by atoms with van der Waals surface area (Å²) in [5.41, 5.74) is 3.03. The van der Waals surface area contributed by atoms with Gasteiger partial charge in [0.05, 0.1) is 24.0 Å². The van der Waals surface area contributed by atoms with Gasteiger partial charge in [-0.25, -0.2) is 23.4 Å². The van der Waals surface area contributed by atoms with Gasteiger partial charge >= 0.3 is 0 Å². The Hall–Kier alpha value is -3.95. The molecule has 1 aromatic carbocycles. The zero-order valence-corrected chi connectivity index (χ0v) is 17.7. The van der Waals surface area contributed by atoms with Gasteiger partial charge in [0.25, 0.3) is 12.3 Å². The van der Waals surface area contributed by atoms with Crippen molar-refractivity contribution in [1.29, 1.82) is 0 Å². The van der Waals surface area contributed by atoms with Crippen molar-refractivity contribution >= 4 is 28.6 Å². The number of carbonyl (C=O) groups excluding carboxylic acids is 1. The number of hydrogen-bond acceptors (Lipinski definition) is 6. The molecule has 0 aliphatic heterocycles. The Morgan fingerprint density at radius 3 is 2.69 bits per heavy atom. The summed E-state index contributed by atoms with van der Waals surface area (Å²) in [6.45, 7) is 3.47. The van der Waals surface area contributed by atoms with Crippen molar-refractivity contribution in [3.63, 3.8) is 0 Å². The number of fused-ring (bicyclic) bond motifs is 1. The minimum absolute atomic E-state index is 0.124. The van der Waals surface area contributed by atoms with Crippen LogP contribution in [0.4, 0.5) is 20.3 Å². The van der Waals surface area contributed by atoms with Crippen molar-refractivity contribution in [2.75, 3.05) is 10.6 Å². The fourth-order valence-electron chi connectivity index (χ4n) is 3.32. The number of aromatic nitrogens is 5. The van der Waals surface area contributed by atoms with E-state index in [2.05, 4.69) is 30.7 Å². The molecule has 164 valence electrons. The fraction of sp³-hybridized carbons (Fsp3) is 0.227. The van der Waals surface area contributed by atoms with E-state index >= 15 is 0 Å². The summed E-state index contributed by atoms with van der Waals surface area (Å²) in [6, 6.07) is 8.62. The Morgan fingerprint density at radius 1 is 1.12 bits per heavy atom. The second-order valence-electron chi connectivity index (χ2n) is 7.40. The van der Waals surface area contributed by atoms with E-state index in [-0.39, 0.29) is 22.9 Å². The summed E-state index contributed by atoms with van der Waals surface area (Å²) in [5.74, 6) is 0.176. The Balaban J connectivity index is 1.48. The highest BCUT2D eigenvalue weighted by Crippen LogP contribution is 2.23. The molecule has 8 nitrogen and oxygen atoms in total. The van der Waals surface area contributed by atoms with Gasteiger partial charge in [0.1, 0.15) is 17.0 Å². The molecule has 0 aliphatic rings. The van der Waals surface area contributed by atoms with E-state index in [4.69, 9.17) is 0 Å². The van der Waals surface area contributed by atoms with Crippen molar-refractivity contribution in [1.82, 2.24) is 24.7 Å². The van der Waals surface area contributed by atoms with Gasteiger partial charge in [0.2, 0.25) is 0 Å². The molecule has 0 aliphatic carbocycles. The van der Waals surface area contributed by atoms with Crippen molar-refractivity contribution in [2.24, 2.45) is 7.05 Å². The molecule has 0 bridgehead atoms. The molecule has 3 aromatic heterocycles. The molecule has 0 spiro atoms. The van der Waals surface area contributed by atoms with E-state index in [0.717, 1.165) is 11.8 Å². The van der Waals surface area contributed by atoms with Gasteiger partial charge in [-0.3, -0.25) is 9.78 Å². The molecule has 1 amide bonds. The first-order chi connectivity index (χ1) is 15.3. The van der Waals surface area contributed by atoms with Crippen molar-refractivity contribution in [3.05, 3.63) is 71.3 Å². The molecule has 10 heteroatoms. The maximum atomic E-state index is 12.9. The van der Waals surface area contributed by atoms with Crippen LogP contribution in [-0.2, 0) is 7.05 Å². The second-order valence-corrected chi connectivity index (χ2v) is 7.40. The Bertz CT molecular complexity index is 1290. The van der Waals surface area contributed by atoms with Gasteiger partial charge in [-0.05, 0) is 43.2 Å². The van der Waals surface area contributed by atoms with E-state index < -0.39 is 12.3 Å². The number of carbonyl (C=O) groups is 1. The van der Waals surface area contributed by atoms with Gasteiger partial charge in [0.15, 0.2) is 5.65 Å². The first-order valence-electron chi connectivity index (χ1n) is 9.89. The van der Waals surface area contributed by atoms with Crippen LogP contribution in [0, 0.1) is 6.92 Å². The van der Waals surface area contributed by atoms with Crippen LogP contribution in [0.3, 0.4) is 0 Å². The van der Waals surface area contributed by atoms with Crippen molar-refractivity contribution < 1.29 is 13.6 Å². The van der Waals surface area contributed by atoms with Crippen LogP contribution in [0.1, 0.15) is 46.6 Å². The van der Waals surface area contributed by atoms with Gasteiger partial charge < -0.3 is 10.6 Å². The van der Waals surface area contributed by atoms with Gasteiger partial charge in [-0.15, -0.1) is 0 Å². The number of alkyl halides is 2. The minimum Gasteiger partial charge on any atom is -0.362 e. The van der Waals surface area contributed by atoms with E-state index in [9.17, 15) is 13.6 Å². The molecule has 4 aromatic rings. The zero-order chi connectivity index (χ0) is 22.8. The minimum atomic E-state index is -2.68. The first kappa shape index (κ1) is 21.3. The SMILES string of the molecule is Cc1cc(C(=O)Nc2cccc([C@H](C)Nc3cnc4cnn(C)c4n3)c2)cnc1C(F)F. The predicted octanol–water partition coefficient (Wildman–Crippen LogP) is 4.43. The third kappa shape index (κ3) is 4.39. The number of aryl methyl sites for hydroxylation is 2. The van der Waals surface area contributed by atoms with Crippen LogP contribution in [0.15, 0.2) is 48.9 Å². The Morgan fingerprint density at radius 2 is 1.94 bits per heavy atom. The Kier molecular flexibility index (Phi) is 5.76. The average Bonchev–Trinajstić information content (AvgIpc) is 3.13. The normalized spacial score (nSPS) is 12.2. The van der Waals surface area contributed by atoms with E-state index in [1.54, 1.807) is 30.2 Å². The largest absolute Gasteiger partial charge is 0.362 e. The van der Waals surface area contributed by atoms with Crippen LogP contribution in [0.5, 0.6) is 0 Å². The lowest BCUT2D eigenvalue weighted by atomic mass is 10.1. The summed E-state index contributed by atoms with van der Waals surface area (Å²) in [7, 11) is 1.80. The average molecular weight is 437 g/mol. The molecule has 32 heavy (non-hydrogen) atoms. The van der Waals surface area contributed by atoms with Crippen LogP contribution < -0.4 is 10.6 Å². The lowest BCUT2D eigenvalue weighted by molar-refractivity contribution is 0.102. The second kappa shape index (κ2) is 8.66. The van der Waals surface area contributed by atoms with Crippen LogP contribution in [-0.4, -0.2) is 30.6 Å². The third-order valence-electron chi connectivity index (χ3n) is 5.04. The lowest BCUT2D eigenvalue weighted by Gasteiger charge is -2.16. The molecule has 2 N–H and O–H groups in total. The molecule has 0 radical (unpaired) electrons. The number of nitrogens with zero attached hydrogens (tertiary/aromatic N) is 5. The zero-order valence-electron chi connectivity index (χ0n) is 17.7. The van der Waals surface area contributed by atoms with Crippen LogP contribution >= 0.6 is 0 Å². The highest BCUT2D eigenvalue weighted by Gasteiger charge is 2.16. The van der Waals surface area contributed by atoms with Crippen LogP contribution in [0.2, 0.25) is 0 Å². The lowest BCUT2D eigenvalue weighted by Crippen LogP contribution is -2.14. The van der Waals surface area contributed by atoms with Gasteiger partial charge in [-0.2, -0.15) is 5.10 Å². The molecule has 0 saturated carbocycles. The monoisotopic (exact) mass is 437 g/mol. The summed E-state index contributed by atoms with van der Waals surface area (Å²) < 4.78 is 27.4. The molecule has 0 saturated heterocycles. The van der Waals surface area contributed by atoms with E-state index in [0.29, 0.717) is 22.7 Å². The summed E-state index contributed by atoms with van der Waals surface area (Å²) in [5, 5.41) is 10.2. The number of rotatable bonds is 6. The number of halogens is 2. The highest BCUT2D eigenvalue weighted by atomic mass is 19.3. The van der Waals surface area contributed by atoms with Crippen molar-refractivity contribution in [2.45, 2.75) is 26.3 Å². The topological polar surface area (TPSA) is 97.6 Å². The molecule has 0 unspecified atom stereocenters. The van der Waals surface area contributed by atoms with Gasteiger partial charge in [0, 0.05) is 18.9 Å². The Labute approximate surface area is 182 Å². The number of pyridine rings is 1. The number of anilines is 2. The summed E-state index contributed by atoms with van der Waals surface area (Å²) in [6.07, 6.45) is 1.77.